The molecule has 2 rings (SSSR count). The molecule has 2 aliphatic rings. The first-order valence-electron chi connectivity index (χ1n) is 5.88. The monoisotopic (exact) mass is 221 g/mol. The molecule has 0 radical (unpaired) electrons. The molecule has 1 aliphatic carbocycles. The van der Waals surface area contributed by atoms with Crippen LogP contribution in [0.3, 0.4) is 0 Å². The standard InChI is InChI=1S/C12H19N3O/c1-12(2)8-14(3)10(6-7-13)11(16)15(12)9-4-5-9/h9-10H,4-6,8H2,1-3H3. The molecule has 4 heteroatoms. The fraction of sp³-hybridized carbons (Fsp3) is 0.833. The maximum atomic E-state index is 12.4. The third-order valence-electron chi connectivity index (χ3n) is 3.54. The molecule has 88 valence electrons. The van der Waals surface area contributed by atoms with Crippen LogP contribution in [0.5, 0.6) is 0 Å². The van der Waals surface area contributed by atoms with Gasteiger partial charge in [0.15, 0.2) is 0 Å². The van der Waals surface area contributed by atoms with Gasteiger partial charge in [-0.05, 0) is 33.7 Å². The number of carbonyl (C=O) groups is 1. The minimum absolute atomic E-state index is 0.0983. The molecule has 0 N–H and O–H groups in total. The molecular weight excluding hydrogens is 202 g/mol. The van der Waals surface area contributed by atoms with Crippen molar-refractivity contribution in [2.24, 2.45) is 0 Å². The number of hydrogen-bond acceptors (Lipinski definition) is 3. The molecule has 0 aromatic heterocycles. The smallest absolute Gasteiger partial charge is 0.241 e. The molecule has 0 aromatic rings. The number of carbonyl (C=O) groups excluding carboxylic acids is 1. The van der Waals surface area contributed by atoms with Crippen molar-refractivity contribution in [1.82, 2.24) is 9.80 Å². The quantitative estimate of drug-likeness (QED) is 0.698. The van der Waals surface area contributed by atoms with Crippen molar-refractivity contribution in [3.8, 4) is 6.07 Å². The van der Waals surface area contributed by atoms with E-state index in [1.807, 2.05) is 16.8 Å². The van der Waals surface area contributed by atoms with Crippen molar-refractivity contribution < 1.29 is 4.79 Å². The molecule has 1 saturated carbocycles. The number of nitrogens with zero attached hydrogens (tertiary/aromatic N) is 3. The van der Waals surface area contributed by atoms with E-state index < -0.39 is 0 Å². The molecule has 16 heavy (non-hydrogen) atoms. The maximum absolute atomic E-state index is 12.4. The van der Waals surface area contributed by atoms with Crippen LogP contribution in [0.2, 0.25) is 0 Å². The van der Waals surface area contributed by atoms with Crippen LogP contribution in [0.15, 0.2) is 0 Å². The fourth-order valence-electron chi connectivity index (χ4n) is 2.78. The summed E-state index contributed by atoms with van der Waals surface area (Å²) in [7, 11) is 1.94. The normalized spacial score (nSPS) is 30.2. The van der Waals surface area contributed by atoms with E-state index in [1.54, 1.807) is 0 Å². The average molecular weight is 221 g/mol. The second-order valence-corrected chi connectivity index (χ2v) is 5.54. The van der Waals surface area contributed by atoms with E-state index in [-0.39, 0.29) is 17.5 Å². The van der Waals surface area contributed by atoms with E-state index in [9.17, 15) is 4.79 Å². The Bertz CT molecular complexity index is 341. The van der Waals surface area contributed by atoms with Gasteiger partial charge in [-0.1, -0.05) is 0 Å². The van der Waals surface area contributed by atoms with Crippen LogP contribution in [0.25, 0.3) is 0 Å². The van der Waals surface area contributed by atoms with E-state index in [0.717, 1.165) is 19.4 Å². The summed E-state index contributed by atoms with van der Waals surface area (Å²) in [6.45, 7) is 5.08. The topological polar surface area (TPSA) is 47.3 Å². The SMILES string of the molecule is CN1CC(C)(C)N(C2CC2)C(=O)C1CC#N. The number of piperazine rings is 1. The molecule has 4 nitrogen and oxygen atoms in total. The Kier molecular flexibility index (Phi) is 2.67. The highest BCUT2D eigenvalue weighted by Crippen LogP contribution is 2.37. The number of amides is 1. The molecule has 0 bridgehead atoms. The van der Waals surface area contributed by atoms with Gasteiger partial charge in [0, 0.05) is 12.6 Å². The highest BCUT2D eigenvalue weighted by atomic mass is 16.2. The van der Waals surface area contributed by atoms with Gasteiger partial charge in [0.05, 0.1) is 18.0 Å². The Labute approximate surface area is 96.8 Å². The zero-order chi connectivity index (χ0) is 11.9. The van der Waals surface area contributed by atoms with E-state index in [2.05, 4.69) is 19.9 Å². The summed E-state index contributed by atoms with van der Waals surface area (Å²) in [6.07, 6.45) is 2.55. The van der Waals surface area contributed by atoms with Crippen LogP contribution in [0.4, 0.5) is 0 Å². The van der Waals surface area contributed by atoms with Crippen molar-refractivity contribution in [2.45, 2.75) is 50.7 Å². The van der Waals surface area contributed by atoms with Gasteiger partial charge in [-0.15, -0.1) is 0 Å². The summed E-state index contributed by atoms with van der Waals surface area (Å²) in [4.78, 5) is 16.4. The maximum Gasteiger partial charge on any atom is 0.241 e. The molecule has 1 unspecified atom stereocenters. The lowest BCUT2D eigenvalue weighted by molar-refractivity contribution is -0.151. The molecule has 0 aromatic carbocycles. The summed E-state index contributed by atoms with van der Waals surface area (Å²) >= 11 is 0. The van der Waals surface area contributed by atoms with E-state index in [1.165, 1.54) is 0 Å². The second kappa shape index (κ2) is 3.74. The average Bonchev–Trinajstić information content (AvgIpc) is 2.94. The van der Waals surface area contributed by atoms with E-state index in [0.29, 0.717) is 12.5 Å². The molecule has 1 saturated heterocycles. The summed E-state index contributed by atoms with van der Waals surface area (Å²) in [5.74, 6) is 0.141. The Morgan fingerprint density at radius 2 is 2.12 bits per heavy atom. The van der Waals surface area contributed by atoms with Crippen LogP contribution in [0, 0.1) is 11.3 Å². The number of nitriles is 1. The lowest BCUT2D eigenvalue weighted by atomic mass is 9.94. The molecule has 0 spiro atoms. The first-order chi connectivity index (χ1) is 7.47. The van der Waals surface area contributed by atoms with Gasteiger partial charge in [0.25, 0.3) is 0 Å². The van der Waals surface area contributed by atoms with Gasteiger partial charge in [0.2, 0.25) is 5.91 Å². The van der Waals surface area contributed by atoms with Gasteiger partial charge in [-0.3, -0.25) is 9.69 Å². The van der Waals surface area contributed by atoms with Crippen molar-refractivity contribution in [3.63, 3.8) is 0 Å². The summed E-state index contributed by atoms with van der Waals surface area (Å²) < 4.78 is 0. The first kappa shape index (κ1) is 11.4. The lowest BCUT2D eigenvalue weighted by Crippen LogP contribution is -2.65. The Hall–Kier alpha value is -1.08. The Morgan fingerprint density at radius 3 is 2.62 bits per heavy atom. The van der Waals surface area contributed by atoms with Gasteiger partial charge in [0.1, 0.15) is 6.04 Å². The third kappa shape index (κ3) is 1.80. The van der Waals surface area contributed by atoms with Crippen molar-refractivity contribution >= 4 is 5.91 Å². The van der Waals surface area contributed by atoms with Crippen molar-refractivity contribution in [2.75, 3.05) is 13.6 Å². The molecule has 1 aliphatic heterocycles. The molecular formula is C12H19N3O. The lowest BCUT2D eigenvalue weighted by Gasteiger charge is -2.49. The van der Waals surface area contributed by atoms with Gasteiger partial charge in [-0.25, -0.2) is 0 Å². The molecule has 2 fully saturated rings. The number of rotatable bonds is 2. The predicted molar refractivity (Wildman–Crippen MR) is 60.6 cm³/mol. The van der Waals surface area contributed by atoms with Gasteiger partial charge >= 0.3 is 0 Å². The van der Waals surface area contributed by atoms with Crippen LogP contribution >= 0.6 is 0 Å². The van der Waals surface area contributed by atoms with Gasteiger partial charge < -0.3 is 4.90 Å². The van der Waals surface area contributed by atoms with Crippen LogP contribution in [-0.2, 0) is 4.79 Å². The van der Waals surface area contributed by atoms with Crippen molar-refractivity contribution in [1.29, 1.82) is 5.26 Å². The summed E-state index contributed by atoms with van der Waals surface area (Å²) in [5, 5.41) is 8.78. The van der Waals surface area contributed by atoms with Gasteiger partial charge in [-0.2, -0.15) is 5.26 Å². The number of hydrogen-bond donors (Lipinski definition) is 0. The molecule has 1 heterocycles. The minimum atomic E-state index is -0.237. The first-order valence-corrected chi connectivity index (χ1v) is 5.88. The van der Waals surface area contributed by atoms with E-state index >= 15 is 0 Å². The summed E-state index contributed by atoms with van der Waals surface area (Å²) in [5.41, 5.74) is -0.0983. The predicted octanol–water partition coefficient (Wildman–Crippen LogP) is 0.984. The van der Waals surface area contributed by atoms with E-state index in [4.69, 9.17) is 5.26 Å². The van der Waals surface area contributed by atoms with Crippen LogP contribution in [0.1, 0.15) is 33.1 Å². The molecule has 1 atom stereocenters. The Morgan fingerprint density at radius 1 is 1.50 bits per heavy atom. The fourth-order valence-corrected chi connectivity index (χ4v) is 2.78. The highest BCUT2D eigenvalue weighted by molar-refractivity contribution is 5.84. The van der Waals surface area contributed by atoms with Crippen molar-refractivity contribution in [3.05, 3.63) is 0 Å². The van der Waals surface area contributed by atoms with Crippen LogP contribution in [-0.4, -0.2) is 46.9 Å². The van der Waals surface area contributed by atoms with Crippen LogP contribution < -0.4 is 0 Å². The largest absolute Gasteiger partial charge is 0.332 e. The zero-order valence-corrected chi connectivity index (χ0v) is 10.2. The summed E-state index contributed by atoms with van der Waals surface area (Å²) in [6, 6.07) is 2.31. The number of likely N-dealkylation sites (N-methyl/N-ethyl adjacent to an activating group) is 1. The highest BCUT2D eigenvalue weighted by Gasteiger charge is 2.48. The Balaban J connectivity index is 2.22. The minimum Gasteiger partial charge on any atom is -0.332 e. The molecule has 1 amide bonds. The zero-order valence-electron chi connectivity index (χ0n) is 10.2. The third-order valence-corrected chi connectivity index (χ3v) is 3.54. The second-order valence-electron chi connectivity index (χ2n) is 5.54.